The summed E-state index contributed by atoms with van der Waals surface area (Å²) in [6.07, 6.45) is 3.05. The Morgan fingerprint density at radius 3 is 2.72 bits per heavy atom. The summed E-state index contributed by atoms with van der Waals surface area (Å²) in [6, 6.07) is 3.73. The Balaban J connectivity index is 1.58. The van der Waals surface area contributed by atoms with E-state index in [1.165, 1.54) is 18.6 Å². The van der Waals surface area contributed by atoms with Crippen molar-refractivity contribution in [3.63, 3.8) is 0 Å². The van der Waals surface area contributed by atoms with Crippen molar-refractivity contribution in [1.82, 2.24) is 25.1 Å². The van der Waals surface area contributed by atoms with Crippen LogP contribution in [0.5, 0.6) is 0 Å². The molecule has 2 aliphatic rings. The fourth-order valence-electron chi connectivity index (χ4n) is 3.57. The Bertz CT molecular complexity index is 1070. The van der Waals surface area contributed by atoms with Crippen LogP contribution < -0.4 is 10.6 Å². The van der Waals surface area contributed by atoms with E-state index < -0.39 is 29.7 Å². The van der Waals surface area contributed by atoms with Crippen molar-refractivity contribution in [2.24, 2.45) is 7.05 Å². The predicted octanol–water partition coefficient (Wildman–Crippen LogP) is -0.249. The Kier molecular flexibility index (Phi) is 4.45. The highest BCUT2D eigenvalue weighted by atomic mass is 16.2. The standard InChI is InChI=1S/C19H17N5O5/c1-23-9-20-8-13(23)16(26)21-7-10-3-2-4-11-15(10)19(29)24(18(11)28)12-5-6-14(25)22-17(12)27/h2-4,8-9,12H,5-7H2,1H3,(H,21,26)(H,22,25,27). The normalized spacial score (nSPS) is 18.7. The molecule has 2 aliphatic heterocycles. The second-order valence-electron chi connectivity index (χ2n) is 6.86. The average Bonchev–Trinajstić information content (AvgIpc) is 3.23. The number of fused-ring (bicyclic) bond motifs is 1. The molecule has 2 aromatic rings. The van der Waals surface area contributed by atoms with Crippen LogP contribution in [-0.4, -0.2) is 50.0 Å². The molecular formula is C19H17N5O5. The molecule has 10 heteroatoms. The number of imidazole rings is 1. The van der Waals surface area contributed by atoms with Gasteiger partial charge in [0.2, 0.25) is 11.8 Å². The molecule has 0 bridgehead atoms. The lowest BCUT2D eigenvalue weighted by Crippen LogP contribution is -2.54. The van der Waals surface area contributed by atoms with Crippen molar-refractivity contribution < 1.29 is 24.0 Å². The van der Waals surface area contributed by atoms with Crippen LogP contribution in [0, 0.1) is 0 Å². The van der Waals surface area contributed by atoms with Gasteiger partial charge in [-0.25, -0.2) is 4.98 Å². The summed E-state index contributed by atoms with van der Waals surface area (Å²) >= 11 is 0. The zero-order valence-corrected chi connectivity index (χ0v) is 15.5. The number of amides is 5. The number of piperidine rings is 1. The number of aryl methyl sites for hydroxylation is 1. The van der Waals surface area contributed by atoms with E-state index in [4.69, 9.17) is 0 Å². The Morgan fingerprint density at radius 1 is 1.24 bits per heavy atom. The largest absolute Gasteiger partial charge is 0.347 e. The number of carbonyl (C=O) groups excluding carboxylic acids is 5. The molecule has 0 aliphatic carbocycles. The van der Waals surface area contributed by atoms with Crippen LogP contribution >= 0.6 is 0 Å². The van der Waals surface area contributed by atoms with Gasteiger partial charge in [-0.2, -0.15) is 0 Å². The van der Waals surface area contributed by atoms with Gasteiger partial charge in [0.05, 0.1) is 23.7 Å². The maximum Gasteiger partial charge on any atom is 0.269 e. The molecular weight excluding hydrogens is 378 g/mol. The molecule has 1 atom stereocenters. The van der Waals surface area contributed by atoms with E-state index in [1.807, 2.05) is 0 Å². The third kappa shape index (κ3) is 3.08. The lowest BCUT2D eigenvalue weighted by atomic mass is 10.0. The molecule has 1 fully saturated rings. The molecule has 10 nitrogen and oxygen atoms in total. The van der Waals surface area contributed by atoms with Gasteiger partial charge in [-0.3, -0.25) is 34.2 Å². The van der Waals surface area contributed by atoms with E-state index in [0.29, 0.717) is 11.3 Å². The first-order chi connectivity index (χ1) is 13.9. The Labute approximate surface area is 164 Å². The maximum absolute atomic E-state index is 13.0. The van der Waals surface area contributed by atoms with Gasteiger partial charge in [0.1, 0.15) is 11.7 Å². The first kappa shape index (κ1) is 18.5. The lowest BCUT2D eigenvalue weighted by Gasteiger charge is -2.27. The van der Waals surface area contributed by atoms with Gasteiger partial charge in [0, 0.05) is 20.0 Å². The summed E-state index contributed by atoms with van der Waals surface area (Å²) in [4.78, 5) is 66.4. The number of nitrogens with zero attached hydrogens (tertiary/aromatic N) is 3. The summed E-state index contributed by atoms with van der Waals surface area (Å²) < 4.78 is 1.56. The van der Waals surface area contributed by atoms with Gasteiger partial charge in [-0.05, 0) is 18.1 Å². The van der Waals surface area contributed by atoms with Crippen molar-refractivity contribution in [3.8, 4) is 0 Å². The van der Waals surface area contributed by atoms with Crippen LogP contribution in [0.2, 0.25) is 0 Å². The molecule has 1 unspecified atom stereocenters. The SMILES string of the molecule is Cn1cncc1C(=O)NCc1cccc2c1C(=O)N(C1CCC(=O)NC1=O)C2=O. The lowest BCUT2D eigenvalue weighted by molar-refractivity contribution is -0.136. The number of rotatable bonds is 4. The van der Waals surface area contributed by atoms with Crippen LogP contribution in [0.4, 0.5) is 0 Å². The molecule has 1 aromatic carbocycles. The van der Waals surface area contributed by atoms with E-state index >= 15 is 0 Å². The van der Waals surface area contributed by atoms with E-state index in [0.717, 1.165) is 4.90 Å². The fourth-order valence-corrected chi connectivity index (χ4v) is 3.57. The quantitative estimate of drug-likeness (QED) is 0.687. The molecule has 29 heavy (non-hydrogen) atoms. The van der Waals surface area contributed by atoms with E-state index in [9.17, 15) is 24.0 Å². The molecule has 1 saturated heterocycles. The number of benzene rings is 1. The summed E-state index contributed by atoms with van der Waals surface area (Å²) in [5.74, 6) is -2.66. The molecule has 0 radical (unpaired) electrons. The number of imide groups is 2. The van der Waals surface area contributed by atoms with E-state index in [1.54, 1.807) is 23.7 Å². The minimum atomic E-state index is -1.03. The van der Waals surface area contributed by atoms with Gasteiger partial charge in [0.25, 0.3) is 17.7 Å². The minimum absolute atomic E-state index is 0.0232. The van der Waals surface area contributed by atoms with Crippen molar-refractivity contribution >= 4 is 29.5 Å². The van der Waals surface area contributed by atoms with Crippen molar-refractivity contribution in [2.45, 2.75) is 25.4 Å². The van der Waals surface area contributed by atoms with Gasteiger partial charge >= 0.3 is 0 Å². The van der Waals surface area contributed by atoms with Crippen LogP contribution in [0.25, 0.3) is 0 Å². The van der Waals surface area contributed by atoms with E-state index in [2.05, 4.69) is 15.6 Å². The summed E-state index contributed by atoms with van der Waals surface area (Å²) in [5.41, 5.74) is 1.15. The summed E-state index contributed by atoms with van der Waals surface area (Å²) in [7, 11) is 1.68. The summed E-state index contributed by atoms with van der Waals surface area (Å²) in [6.45, 7) is 0.0232. The van der Waals surface area contributed by atoms with Crippen molar-refractivity contribution in [1.29, 1.82) is 0 Å². The van der Waals surface area contributed by atoms with Crippen molar-refractivity contribution in [3.05, 3.63) is 53.1 Å². The third-order valence-electron chi connectivity index (χ3n) is 5.04. The van der Waals surface area contributed by atoms with Crippen LogP contribution in [0.15, 0.2) is 30.7 Å². The highest BCUT2D eigenvalue weighted by Gasteiger charge is 2.45. The predicted molar refractivity (Wildman–Crippen MR) is 97.5 cm³/mol. The van der Waals surface area contributed by atoms with Gasteiger partial charge < -0.3 is 9.88 Å². The zero-order chi connectivity index (χ0) is 20.7. The molecule has 1 aromatic heterocycles. The highest BCUT2D eigenvalue weighted by Crippen LogP contribution is 2.29. The van der Waals surface area contributed by atoms with Crippen molar-refractivity contribution in [2.75, 3.05) is 0 Å². The average molecular weight is 395 g/mol. The first-order valence-electron chi connectivity index (χ1n) is 8.96. The smallest absolute Gasteiger partial charge is 0.269 e. The van der Waals surface area contributed by atoms with E-state index in [-0.39, 0.29) is 36.4 Å². The fraction of sp³-hybridized carbons (Fsp3) is 0.263. The Morgan fingerprint density at radius 2 is 2.03 bits per heavy atom. The van der Waals surface area contributed by atoms with Crippen LogP contribution in [0.3, 0.4) is 0 Å². The monoisotopic (exact) mass is 395 g/mol. The number of aromatic nitrogens is 2. The third-order valence-corrected chi connectivity index (χ3v) is 5.04. The summed E-state index contributed by atoms with van der Waals surface area (Å²) in [5, 5.41) is 4.87. The minimum Gasteiger partial charge on any atom is -0.347 e. The number of nitrogens with one attached hydrogen (secondary N) is 2. The van der Waals surface area contributed by atoms with Gasteiger partial charge in [-0.15, -0.1) is 0 Å². The molecule has 0 saturated carbocycles. The second kappa shape index (κ2) is 6.97. The molecule has 5 amide bonds. The maximum atomic E-state index is 13.0. The van der Waals surface area contributed by atoms with Gasteiger partial charge in [0.15, 0.2) is 0 Å². The topological polar surface area (TPSA) is 130 Å². The molecule has 2 N–H and O–H groups in total. The number of carbonyl (C=O) groups is 5. The van der Waals surface area contributed by atoms with Gasteiger partial charge in [-0.1, -0.05) is 12.1 Å². The highest BCUT2D eigenvalue weighted by molar-refractivity contribution is 6.24. The number of hydrogen-bond acceptors (Lipinski definition) is 6. The van der Waals surface area contributed by atoms with Crippen LogP contribution in [-0.2, 0) is 23.2 Å². The second-order valence-corrected chi connectivity index (χ2v) is 6.86. The molecule has 148 valence electrons. The number of hydrogen-bond donors (Lipinski definition) is 2. The zero-order valence-electron chi connectivity index (χ0n) is 15.5. The first-order valence-corrected chi connectivity index (χ1v) is 8.96. The molecule has 3 heterocycles. The Hall–Kier alpha value is -3.82. The molecule has 0 spiro atoms. The molecule has 4 rings (SSSR count). The van der Waals surface area contributed by atoms with Crippen LogP contribution in [0.1, 0.15) is 49.6 Å².